The first-order valence-electron chi connectivity index (χ1n) is 6.82. The normalized spacial score (nSPS) is 24.9. The molecule has 2 N–H and O–H groups in total. The molecule has 1 aromatic heterocycles. The van der Waals surface area contributed by atoms with E-state index < -0.39 is 17.4 Å². The second-order valence-electron chi connectivity index (χ2n) is 5.71. The van der Waals surface area contributed by atoms with Gasteiger partial charge in [-0.2, -0.15) is 0 Å². The molecule has 3 amide bonds. The van der Waals surface area contributed by atoms with Gasteiger partial charge in [0.2, 0.25) is 0 Å². The third-order valence-electron chi connectivity index (χ3n) is 3.93. The van der Waals surface area contributed by atoms with E-state index in [-0.39, 0.29) is 24.2 Å². The molecule has 2 aliphatic rings. The van der Waals surface area contributed by atoms with Crippen LogP contribution in [0, 0.1) is 5.82 Å². The number of halogens is 1. The zero-order chi connectivity index (χ0) is 15.2. The number of nitrogens with one attached hydrogen (secondary N) is 2. The highest BCUT2D eigenvalue weighted by Crippen LogP contribution is 2.31. The first kappa shape index (κ1) is 13.7. The first-order valence-corrected chi connectivity index (χ1v) is 6.82. The molecule has 1 atom stereocenters. The largest absolute Gasteiger partial charge is 0.351 e. The lowest BCUT2D eigenvalue weighted by Crippen LogP contribution is -2.49. The van der Waals surface area contributed by atoms with Crippen LogP contribution in [0.3, 0.4) is 0 Å². The maximum Gasteiger partial charge on any atom is 0.322 e. The van der Waals surface area contributed by atoms with Gasteiger partial charge in [-0.1, -0.05) is 13.8 Å². The van der Waals surface area contributed by atoms with Gasteiger partial charge in [0.15, 0.2) is 11.6 Å². The van der Waals surface area contributed by atoms with Crippen molar-refractivity contribution in [3.05, 3.63) is 17.8 Å². The summed E-state index contributed by atoms with van der Waals surface area (Å²) in [5.41, 5.74) is -0.632. The van der Waals surface area contributed by atoms with E-state index in [1.54, 1.807) is 4.90 Å². The van der Waals surface area contributed by atoms with E-state index in [4.69, 9.17) is 0 Å². The average molecular weight is 293 g/mol. The molecule has 0 radical (unpaired) electrons. The quantitative estimate of drug-likeness (QED) is 0.777. The van der Waals surface area contributed by atoms with Crippen LogP contribution in [0.1, 0.15) is 31.9 Å². The molecular formula is C13H16FN5O2. The number of imide groups is 1. The Bertz CT molecular complexity index is 621. The summed E-state index contributed by atoms with van der Waals surface area (Å²) in [6.07, 6.45) is 1.75. The standard InChI is InChI=1S/C13H16FN5O2/c1-7(2)9-8(14)10(16-6-15-9)19-4-3-13(5-19)11(20)17-12(21)18-13/h6-7H,3-5H2,1-2H3,(H2,17,18,20,21). The highest BCUT2D eigenvalue weighted by atomic mass is 19.1. The molecule has 0 aliphatic carbocycles. The van der Waals surface area contributed by atoms with Crippen LogP contribution in [-0.4, -0.2) is 40.5 Å². The van der Waals surface area contributed by atoms with Gasteiger partial charge in [-0.3, -0.25) is 10.1 Å². The van der Waals surface area contributed by atoms with Crippen LogP contribution < -0.4 is 15.5 Å². The first-order chi connectivity index (χ1) is 9.93. The Hall–Kier alpha value is -2.25. The maximum absolute atomic E-state index is 14.5. The van der Waals surface area contributed by atoms with Crippen molar-refractivity contribution in [3.8, 4) is 0 Å². The molecule has 2 aliphatic heterocycles. The van der Waals surface area contributed by atoms with Crippen molar-refractivity contribution in [1.29, 1.82) is 0 Å². The Kier molecular flexibility index (Phi) is 3.03. The lowest BCUT2D eigenvalue weighted by atomic mass is 10.00. The van der Waals surface area contributed by atoms with E-state index in [9.17, 15) is 14.0 Å². The molecule has 1 unspecified atom stereocenters. The van der Waals surface area contributed by atoms with Crippen LogP contribution in [0.5, 0.6) is 0 Å². The highest BCUT2D eigenvalue weighted by molar-refractivity contribution is 6.07. The Morgan fingerprint density at radius 2 is 2.14 bits per heavy atom. The minimum Gasteiger partial charge on any atom is -0.351 e. The molecule has 2 fully saturated rings. The Labute approximate surface area is 120 Å². The zero-order valence-corrected chi connectivity index (χ0v) is 11.8. The van der Waals surface area contributed by atoms with Crippen LogP contribution in [0.4, 0.5) is 15.0 Å². The fourth-order valence-corrected chi connectivity index (χ4v) is 2.80. The van der Waals surface area contributed by atoms with Gasteiger partial charge in [-0.25, -0.2) is 19.2 Å². The van der Waals surface area contributed by atoms with E-state index in [2.05, 4.69) is 20.6 Å². The summed E-state index contributed by atoms with van der Waals surface area (Å²) in [7, 11) is 0. The summed E-state index contributed by atoms with van der Waals surface area (Å²) in [6, 6.07) is -0.507. The third kappa shape index (κ3) is 2.10. The molecule has 1 aromatic rings. The molecule has 7 nitrogen and oxygen atoms in total. The van der Waals surface area contributed by atoms with E-state index in [0.717, 1.165) is 0 Å². The number of carbonyl (C=O) groups is 2. The molecule has 8 heteroatoms. The summed E-state index contributed by atoms with van der Waals surface area (Å²) in [4.78, 5) is 32.8. The number of aromatic nitrogens is 2. The van der Waals surface area contributed by atoms with Crippen molar-refractivity contribution in [3.63, 3.8) is 0 Å². The summed E-state index contributed by atoms with van der Waals surface area (Å²) < 4.78 is 14.5. The number of anilines is 1. The van der Waals surface area contributed by atoms with Crippen molar-refractivity contribution in [2.75, 3.05) is 18.0 Å². The second kappa shape index (κ2) is 4.64. The molecule has 3 rings (SSSR count). The van der Waals surface area contributed by atoms with Crippen LogP contribution in [0.25, 0.3) is 0 Å². The summed E-state index contributed by atoms with van der Waals surface area (Å²) >= 11 is 0. The number of hydrogen-bond donors (Lipinski definition) is 2. The van der Waals surface area contributed by atoms with Gasteiger partial charge in [0, 0.05) is 6.54 Å². The summed E-state index contributed by atoms with van der Waals surface area (Å²) in [6.45, 7) is 4.35. The Morgan fingerprint density at radius 3 is 2.76 bits per heavy atom. The minimum absolute atomic E-state index is 0.0576. The monoisotopic (exact) mass is 293 g/mol. The topological polar surface area (TPSA) is 87.2 Å². The molecule has 1 spiro atoms. The van der Waals surface area contributed by atoms with E-state index in [1.807, 2.05) is 13.8 Å². The minimum atomic E-state index is -0.980. The molecule has 3 heterocycles. The van der Waals surface area contributed by atoms with Gasteiger partial charge in [0.1, 0.15) is 11.9 Å². The van der Waals surface area contributed by atoms with Gasteiger partial charge >= 0.3 is 6.03 Å². The molecular weight excluding hydrogens is 277 g/mol. The third-order valence-corrected chi connectivity index (χ3v) is 3.93. The second-order valence-corrected chi connectivity index (χ2v) is 5.71. The van der Waals surface area contributed by atoms with Crippen molar-refractivity contribution >= 4 is 17.8 Å². The fourth-order valence-electron chi connectivity index (χ4n) is 2.80. The smallest absolute Gasteiger partial charge is 0.322 e. The SMILES string of the molecule is CC(C)c1ncnc(N2CCC3(C2)NC(=O)NC3=O)c1F. The Morgan fingerprint density at radius 1 is 1.38 bits per heavy atom. The number of amides is 3. The number of urea groups is 1. The van der Waals surface area contributed by atoms with Crippen molar-refractivity contribution in [2.45, 2.75) is 31.7 Å². The van der Waals surface area contributed by atoms with Crippen LogP contribution in [0.15, 0.2) is 6.33 Å². The highest BCUT2D eigenvalue weighted by Gasteiger charge is 2.51. The van der Waals surface area contributed by atoms with E-state index in [1.165, 1.54) is 6.33 Å². The van der Waals surface area contributed by atoms with Crippen LogP contribution >= 0.6 is 0 Å². The molecule has 0 aromatic carbocycles. The predicted octanol–water partition coefficient (Wildman–Crippen LogP) is 0.527. The van der Waals surface area contributed by atoms with Gasteiger partial charge in [0.05, 0.1) is 12.2 Å². The number of hydrogen-bond acceptors (Lipinski definition) is 5. The molecule has 0 saturated carbocycles. The van der Waals surface area contributed by atoms with Crippen molar-refractivity contribution in [1.82, 2.24) is 20.6 Å². The van der Waals surface area contributed by atoms with Crippen molar-refractivity contribution < 1.29 is 14.0 Å². The molecule has 0 bridgehead atoms. The van der Waals surface area contributed by atoms with Crippen LogP contribution in [0.2, 0.25) is 0 Å². The lowest BCUT2D eigenvalue weighted by Gasteiger charge is -2.22. The van der Waals surface area contributed by atoms with Crippen molar-refractivity contribution in [2.24, 2.45) is 0 Å². The van der Waals surface area contributed by atoms with Gasteiger partial charge in [0.25, 0.3) is 5.91 Å². The fraction of sp³-hybridized carbons (Fsp3) is 0.538. The number of rotatable bonds is 2. The van der Waals surface area contributed by atoms with Gasteiger partial charge in [-0.15, -0.1) is 0 Å². The average Bonchev–Trinajstić information content (AvgIpc) is 2.94. The molecule has 112 valence electrons. The summed E-state index contributed by atoms with van der Waals surface area (Å²) in [5, 5.41) is 4.85. The van der Waals surface area contributed by atoms with Crippen LogP contribution in [-0.2, 0) is 4.79 Å². The Balaban J connectivity index is 1.89. The lowest BCUT2D eigenvalue weighted by molar-refractivity contribution is -0.123. The van der Waals surface area contributed by atoms with Gasteiger partial charge in [-0.05, 0) is 12.3 Å². The maximum atomic E-state index is 14.5. The van der Waals surface area contributed by atoms with E-state index in [0.29, 0.717) is 18.7 Å². The number of nitrogens with zero attached hydrogens (tertiary/aromatic N) is 3. The summed E-state index contributed by atoms with van der Waals surface area (Å²) in [5.74, 6) is -0.708. The molecule has 21 heavy (non-hydrogen) atoms. The van der Waals surface area contributed by atoms with E-state index >= 15 is 0 Å². The zero-order valence-electron chi connectivity index (χ0n) is 11.8. The predicted molar refractivity (Wildman–Crippen MR) is 72.3 cm³/mol. The molecule has 2 saturated heterocycles. The number of carbonyl (C=O) groups excluding carboxylic acids is 2. The van der Waals surface area contributed by atoms with Gasteiger partial charge < -0.3 is 10.2 Å².